The summed E-state index contributed by atoms with van der Waals surface area (Å²) in [6, 6.07) is 0. The molecule has 0 amide bonds. The predicted octanol–water partition coefficient (Wildman–Crippen LogP) is 7.30. The number of hydrogen-bond acceptors (Lipinski definition) is 2. The standard InChI is InChI=1S/C26H41F3O2/c1-16-2-4-17(5-3-16)18-6-10-21(11-7-18)26(28,29)31-22-12-8-19(9-13-22)20-14-23-25(27)24(15-20)30-23/h16-25H,2-15H2,1H3. The van der Waals surface area contributed by atoms with Crippen molar-refractivity contribution < 1.29 is 22.6 Å². The largest absolute Gasteiger partial charge is 0.369 e. The maximum atomic E-state index is 15.0. The van der Waals surface area contributed by atoms with Crippen LogP contribution in [0.15, 0.2) is 0 Å². The van der Waals surface area contributed by atoms with Crippen LogP contribution in [0.25, 0.3) is 0 Å². The van der Waals surface area contributed by atoms with Crippen LogP contribution < -0.4 is 0 Å². The van der Waals surface area contributed by atoms with Crippen molar-refractivity contribution in [2.75, 3.05) is 0 Å². The van der Waals surface area contributed by atoms with Crippen molar-refractivity contribution in [1.82, 2.24) is 0 Å². The third-order valence-corrected chi connectivity index (χ3v) is 9.81. The van der Waals surface area contributed by atoms with Crippen molar-refractivity contribution in [3.8, 4) is 0 Å². The molecule has 2 saturated heterocycles. The van der Waals surface area contributed by atoms with Crippen LogP contribution in [0, 0.1) is 35.5 Å². The van der Waals surface area contributed by atoms with Gasteiger partial charge in [-0.05, 0) is 107 Å². The van der Waals surface area contributed by atoms with Gasteiger partial charge >= 0.3 is 6.11 Å². The average Bonchev–Trinajstić information content (AvgIpc) is 2.79. The van der Waals surface area contributed by atoms with Gasteiger partial charge in [-0.15, -0.1) is 0 Å². The van der Waals surface area contributed by atoms with Crippen LogP contribution in [0.3, 0.4) is 0 Å². The predicted molar refractivity (Wildman–Crippen MR) is 115 cm³/mol. The lowest BCUT2D eigenvalue weighted by Crippen LogP contribution is -2.57. The van der Waals surface area contributed by atoms with Crippen LogP contribution in [0.2, 0.25) is 0 Å². The molecule has 6 aliphatic rings. The van der Waals surface area contributed by atoms with Gasteiger partial charge in [0.05, 0.1) is 24.2 Å². The topological polar surface area (TPSA) is 18.5 Å². The highest BCUT2D eigenvalue weighted by Gasteiger charge is 2.51. The van der Waals surface area contributed by atoms with Gasteiger partial charge in [0.1, 0.15) is 0 Å². The molecule has 2 atom stereocenters. The first-order valence-electron chi connectivity index (χ1n) is 13.2. The summed E-state index contributed by atoms with van der Waals surface area (Å²) in [6.45, 7) is 2.34. The van der Waals surface area contributed by atoms with Gasteiger partial charge in [0, 0.05) is 0 Å². The number of alkyl halides is 3. The van der Waals surface area contributed by atoms with E-state index in [1.807, 2.05) is 0 Å². The Morgan fingerprint density at radius 1 is 0.677 bits per heavy atom. The Morgan fingerprint density at radius 2 is 1.16 bits per heavy atom. The van der Waals surface area contributed by atoms with E-state index in [0.717, 1.165) is 63.2 Å². The van der Waals surface area contributed by atoms with E-state index in [9.17, 15) is 13.2 Å². The van der Waals surface area contributed by atoms with Crippen molar-refractivity contribution in [2.24, 2.45) is 35.5 Å². The Kier molecular flexibility index (Phi) is 6.65. The summed E-state index contributed by atoms with van der Waals surface area (Å²) in [5, 5.41) is 0. The first-order valence-corrected chi connectivity index (χ1v) is 13.2. The normalized spacial score (nSPS) is 48.8. The van der Waals surface area contributed by atoms with E-state index in [4.69, 9.17) is 9.47 Å². The molecule has 6 fully saturated rings. The molecule has 4 aliphatic carbocycles. The zero-order valence-electron chi connectivity index (χ0n) is 19.1. The number of hydrogen-bond donors (Lipinski definition) is 0. The van der Waals surface area contributed by atoms with E-state index >= 15 is 0 Å². The molecular weight excluding hydrogens is 401 g/mol. The molecule has 2 heterocycles. The lowest BCUT2D eigenvalue weighted by atomic mass is 9.68. The molecule has 2 unspecified atom stereocenters. The Morgan fingerprint density at radius 3 is 1.71 bits per heavy atom. The van der Waals surface area contributed by atoms with Crippen molar-refractivity contribution in [2.45, 2.75) is 127 Å². The van der Waals surface area contributed by atoms with Gasteiger partial charge in [0.2, 0.25) is 0 Å². The summed E-state index contributed by atoms with van der Waals surface area (Å²) in [7, 11) is 0. The molecule has 2 nitrogen and oxygen atoms in total. The molecule has 0 aromatic heterocycles. The molecule has 0 aromatic rings. The summed E-state index contributed by atoms with van der Waals surface area (Å²) in [4.78, 5) is 0. The Labute approximate surface area is 186 Å². The zero-order valence-corrected chi connectivity index (χ0v) is 19.1. The Hall–Kier alpha value is -0.290. The van der Waals surface area contributed by atoms with Gasteiger partial charge in [0.25, 0.3) is 0 Å². The molecular formula is C26H41F3O2. The minimum absolute atomic E-state index is 0.200. The molecule has 178 valence electrons. The number of halogens is 3. The zero-order chi connectivity index (χ0) is 21.6. The van der Waals surface area contributed by atoms with Crippen molar-refractivity contribution in [3.05, 3.63) is 0 Å². The Bertz CT molecular complexity index is 577. The fourth-order valence-electron chi connectivity index (χ4n) is 7.65. The van der Waals surface area contributed by atoms with Crippen LogP contribution in [0.4, 0.5) is 13.2 Å². The highest BCUT2D eigenvalue weighted by molar-refractivity contribution is 4.99. The summed E-state index contributed by atoms with van der Waals surface area (Å²) >= 11 is 0. The minimum Gasteiger partial charge on any atom is -0.369 e. The van der Waals surface area contributed by atoms with Crippen molar-refractivity contribution in [3.63, 3.8) is 0 Å². The van der Waals surface area contributed by atoms with Crippen LogP contribution in [-0.4, -0.2) is 30.6 Å². The molecule has 31 heavy (non-hydrogen) atoms. The highest BCUT2D eigenvalue weighted by atomic mass is 19.3. The van der Waals surface area contributed by atoms with Crippen molar-refractivity contribution in [1.29, 1.82) is 0 Å². The second kappa shape index (κ2) is 9.16. The smallest absolute Gasteiger partial charge is 0.358 e. The van der Waals surface area contributed by atoms with Gasteiger partial charge in [0.15, 0.2) is 6.17 Å². The summed E-state index contributed by atoms with van der Waals surface area (Å²) in [5.41, 5.74) is 0. The van der Waals surface area contributed by atoms with Gasteiger partial charge in [-0.3, -0.25) is 0 Å². The van der Waals surface area contributed by atoms with E-state index in [-0.39, 0.29) is 18.3 Å². The molecule has 0 spiro atoms. The first kappa shape index (κ1) is 22.5. The Balaban J connectivity index is 1.05. The average molecular weight is 443 g/mol. The van der Waals surface area contributed by atoms with E-state index < -0.39 is 18.2 Å². The molecule has 0 radical (unpaired) electrons. The second-order valence-electron chi connectivity index (χ2n) is 11.7. The molecule has 2 aliphatic heterocycles. The van der Waals surface area contributed by atoms with E-state index in [2.05, 4.69) is 6.92 Å². The quantitative estimate of drug-likeness (QED) is 0.445. The van der Waals surface area contributed by atoms with E-state index in [1.165, 1.54) is 25.7 Å². The molecule has 5 heteroatoms. The van der Waals surface area contributed by atoms with Crippen LogP contribution in [0.1, 0.15) is 96.8 Å². The third kappa shape index (κ3) is 4.83. The van der Waals surface area contributed by atoms with Crippen LogP contribution >= 0.6 is 0 Å². The highest BCUT2D eigenvalue weighted by Crippen LogP contribution is 2.49. The molecule has 6 rings (SSSR count). The number of fused-ring (bicyclic) bond motifs is 2. The monoisotopic (exact) mass is 442 g/mol. The maximum absolute atomic E-state index is 15.0. The molecule has 0 N–H and O–H groups in total. The summed E-state index contributed by atoms with van der Waals surface area (Å²) in [5.74, 6) is 2.71. The third-order valence-electron chi connectivity index (χ3n) is 9.81. The summed E-state index contributed by atoms with van der Waals surface area (Å²) in [6.07, 6.45) is 8.86. The second-order valence-corrected chi connectivity index (χ2v) is 11.7. The number of ether oxygens (including phenoxy) is 2. The lowest BCUT2D eigenvalue weighted by Gasteiger charge is -2.50. The molecule has 4 saturated carbocycles. The van der Waals surface area contributed by atoms with Crippen LogP contribution in [-0.2, 0) is 9.47 Å². The van der Waals surface area contributed by atoms with Gasteiger partial charge < -0.3 is 9.47 Å². The van der Waals surface area contributed by atoms with E-state index in [0.29, 0.717) is 30.6 Å². The molecule has 2 bridgehead atoms. The van der Waals surface area contributed by atoms with Gasteiger partial charge in [-0.1, -0.05) is 19.8 Å². The van der Waals surface area contributed by atoms with Crippen molar-refractivity contribution >= 4 is 0 Å². The summed E-state index contributed by atoms with van der Waals surface area (Å²) < 4.78 is 54.7. The molecule has 0 aromatic carbocycles. The van der Waals surface area contributed by atoms with Gasteiger partial charge in [-0.25, -0.2) is 4.39 Å². The minimum atomic E-state index is -2.98. The van der Waals surface area contributed by atoms with E-state index in [1.54, 1.807) is 0 Å². The maximum Gasteiger partial charge on any atom is 0.358 e. The fraction of sp³-hybridized carbons (Fsp3) is 1.00. The fourth-order valence-corrected chi connectivity index (χ4v) is 7.65. The SMILES string of the molecule is CC1CCC(C2CCC(C(F)(F)OC3CCC(C4CC5OC(C4)C5F)CC3)CC2)CC1. The first-order chi connectivity index (χ1) is 14.9. The van der Waals surface area contributed by atoms with Gasteiger partial charge in [-0.2, -0.15) is 8.78 Å². The number of rotatable bonds is 5. The lowest BCUT2D eigenvalue weighted by molar-refractivity contribution is -0.303. The van der Waals surface area contributed by atoms with Crippen LogP contribution in [0.5, 0.6) is 0 Å².